The molecule has 2 saturated heterocycles. The van der Waals surface area contributed by atoms with Gasteiger partial charge in [0.1, 0.15) is 24.5 Å². The first-order valence-corrected chi connectivity index (χ1v) is 12.8. The van der Waals surface area contributed by atoms with Crippen LogP contribution < -0.4 is 11.2 Å². The lowest BCUT2D eigenvalue weighted by atomic mass is 9.84. The van der Waals surface area contributed by atoms with E-state index in [9.17, 15) is 18.9 Å². The molecule has 5 atom stereocenters. The summed E-state index contributed by atoms with van der Waals surface area (Å²) in [7, 11) is -3.89. The average molecular weight is 486 g/mol. The minimum Gasteiger partial charge on any atom is -0.462 e. The molecule has 0 radical (unpaired) electrons. The third-order valence-electron chi connectivity index (χ3n) is 6.54. The molecule has 3 aliphatic rings. The Morgan fingerprint density at radius 1 is 1.33 bits per heavy atom. The van der Waals surface area contributed by atoms with Crippen LogP contribution >= 0.6 is 7.82 Å². The molecule has 0 spiro atoms. The number of esters is 1. The number of carbonyl (C=O) groups is 1. The van der Waals surface area contributed by atoms with E-state index in [-0.39, 0.29) is 25.3 Å². The second-order valence-corrected chi connectivity index (χ2v) is 11.1. The molecule has 0 aromatic carbocycles. The summed E-state index contributed by atoms with van der Waals surface area (Å²) in [5.41, 5.74) is -1.91. The molecule has 1 aromatic rings. The summed E-state index contributed by atoms with van der Waals surface area (Å²) in [6.45, 7) is 5.34. The molecule has 1 aliphatic carbocycles. The van der Waals surface area contributed by atoms with Crippen molar-refractivity contribution in [3.8, 4) is 0 Å². The Kier molecular flexibility index (Phi) is 6.98. The highest BCUT2D eigenvalue weighted by atomic mass is 31.2. The predicted octanol–water partition coefficient (Wildman–Crippen LogP) is 2.51. The quantitative estimate of drug-likeness (QED) is 0.455. The Labute approximate surface area is 191 Å². The normalized spacial score (nSPS) is 32.4. The molecule has 1 unspecified atom stereocenters. The first kappa shape index (κ1) is 24.3. The maximum Gasteiger partial charge on any atom is 0.475 e. The molecule has 184 valence electrons. The summed E-state index contributed by atoms with van der Waals surface area (Å²) in [4.78, 5) is 38.1. The van der Waals surface area contributed by atoms with Gasteiger partial charge in [0.15, 0.2) is 0 Å². The molecule has 3 heterocycles. The highest BCUT2D eigenvalue weighted by Crippen LogP contribution is 2.60. The lowest BCUT2D eigenvalue weighted by Gasteiger charge is -2.36. The number of aromatic amines is 1. The van der Waals surface area contributed by atoms with Gasteiger partial charge in [-0.3, -0.25) is 32.7 Å². The Morgan fingerprint density at radius 2 is 2.06 bits per heavy atom. The fourth-order valence-electron chi connectivity index (χ4n) is 4.55. The molecule has 1 aromatic heterocycles. The molecule has 1 saturated carbocycles. The van der Waals surface area contributed by atoms with Gasteiger partial charge < -0.3 is 9.47 Å². The fraction of sp³-hybridized carbons (Fsp3) is 0.762. The number of hydrogen-bond acceptors (Lipinski definition) is 9. The van der Waals surface area contributed by atoms with Crippen LogP contribution in [0.2, 0.25) is 0 Å². The van der Waals surface area contributed by atoms with Crippen LogP contribution in [0.15, 0.2) is 21.9 Å². The van der Waals surface area contributed by atoms with Crippen molar-refractivity contribution >= 4 is 13.8 Å². The lowest BCUT2D eigenvalue weighted by Crippen LogP contribution is -2.42. The molecule has 0 bridgehead atoms. The first-order chi connectivity index (χ1) is 15.6. The maximum absolute atomic E-state index is 13.1. The molecule has 12 heteroatoms. The Balaban J connectivity index is 1.35. The molecule has 3 fully saturated rings. The van der Waals surface area contributed by atoms with E-state index < -0.39 is 48.8 Å². The highest BCUT2D eigenvalue weighted by molar-refractivity contribution is 7.48. The molecule has 1 N–H and O–H groups in total. The van der Waals surface area contributed by atoms with Crippen molar-refractivity contribution in [3.63, 3.8) is 0 Å². The van der Waals surface area contributed by atoms with Crippen LogP contribution in [0.1, 0.15) is 59.1 Å². The van der Waals surface area contributed by atoms with Crippen molar-refractivity contribution in [2.24, 2.45) is 11.3 Å². The number of rotatable bonds is 7. The summed E-state index contributed by atoms with van der Waals surface area (Å²) in [5, 5.41) is 0. The lowest BCUT2D eigenvalue weighted by molar-refractivity contribution is -0.153. The standard InChI is InChI=1S/C21H31N2O9P/c1-13(18(25)30-14-6-4-5-7-14)9-11-28-33(27)29-12-15-17(32-33)21(2,3)19(31-15)23-10-8-16(24)22-20(23)26/h8,10,13-15,17,19H,4-7,9,11-12H2,1-3H3,(H,22,24,26)/t13?,15-,17-,19-,33+/m1/s1. The maximum atomic E-state index is 13.1. The summed E-state index contributed by atoms with van der Waals surface area (Å²) >= 11 is 0. The van der Waals surface area contributed by atoms with Crippen molar-refractivity contribution in [2.75, 3.05) is 13.2 Å². The smallest absolute Gasteiger partial charge is 0.462 e. The Bertz CT molecular complexity index is 1030. The Morgan fingerprint density at radius 3 is 2.76 bits per heavy atom. The molecule has 0 amide bonds. The largest absolute Gasteiger partial charge is 0.475 e. The van der Waals surface area contributed by atoms with E-state index in [0.717, 1.165) is 25.7 Å². The molecule has 33 heavy (non-hydrogen) atoms. The minimum atomic E-state index is -3.89. The van der Waals surface area contributed by atoms with Gasteiger partial charge in [-0.05, 0) is 32.1 Å². The van der Waals surface area contributed by atoms with Crippen LogP contribution in [-0.2, 0) is 32.4 Å². The number of ether oxygens (including phenoxy) is 2. The number of phosphoric ester groups is 1. The molecular formula is C21H31N2O9P. The van der Waals surface area contributed by atoms with Gasteiger partial charge in [-0.25, -0.2) is 9.36 Å². The number of H-pyrrole nitrogens is 1. The number of fused-ring (bicyclic) bond motifs is 1. The number of hydrogen-bond donors (Lipinski definition) is 1. The molecular weight excluding hydrogens is 455 g/mol. The van der Waals surface area contributed by atoms with Gasteiger partial charge in [0.05, 0.1) is 19.1 Å². The zero-order chi connectivity index (χ0) is 23.8. The van der Waals surface area contributed by atoms with Crippen molar-refractivity contribution < 1.29 is 32.4 Å². The highest BCUT2D eigenvalue weighted by Gasteiger charge is 2.58. The average Bonchev–Trinajstić information content (AvgIpc) is 3.34. The van der Waals surface area contributed by atoms with Crippen LogP contribution in [-0.4, -0.2) is 47.0 Å². The second-order valence-electron chi connectivity index (χ2n) is 9.50. The summed E-state index contributed by atoms with van der Waals surface area (Å²) in [6.07, 6.45) is 3.60. The zero-order valence-corrected chi connectivity index (χ0v) is 20.0. The van der Waals surface area contributed by atoms with Gasteiger partial charge in [-0.1, -0.05) is 20.8 Å². The van der Waals surface area contributed by atoms with E-state index in [1.165, 1.54) is 16.8 Å². The van der Waals surface area contributed by atoms with Gasteiger partial charge in [-0.15, -0.1) is 0 Å². The third-order valence-corrected chi connectivity index (χ3v) is 7.99. The number of aromatic nitrogens is 2. The second kappa shape index (κ2) is 9.46. The molecule has 4 rings (SSSR count). The topological polar surface area (TPSA) is 135 Å². The van der Waals surface area contributed by atoms with Crippen molar-refractivity contribution in [1.29, 1.82) is 0 Å². The molecule has 11 nitrogen and oxygen atoms in total. The third kappa shape index (κ3) is 5.17. The van der Waals surface area contributed by atoms with Crippen LogP contribution in [0.5, 0.6) is 0 Å². The minimum absolute atomic E-state index is 0.000305. The van der Waals surface area contributed by atoms with Crippen LogP contribution in [0.4, 0.5) is 0 Å². The zero-order valence-electron chi connectivity index (χ0n) is 19.1. The van der Waals surface area contributed by atoms with Crippen molar-refractivity contribution in [2.45, 2.75) is 77.4 Å². The van der Waals surface area contributed by atoms with Gasteiger partial charge >= 0.3 is 19.5 Å². The van der Waals surface area contributed by atoms with Crippen LogP contribution in [0, 0.1) is 11.3 Å². The van der Waals surface area contributed by atoms with Gasteiger partial charge in [-0.2, -0.15) is 0 Å². The Hall–Kier alpha value is -1.78. The summed E-state index contributed by atoms with van der Waals surface area (Å²) in [5.74, 6) is -0.689. The van der Waals surface area contributed by atoms with E-state index in [0.29, 0.717) is 6.42 Å². The SMILES string of the molecule is CC(CCO[P@@]1(=O)OC[C@H]2O[C@@H](n3ccc(=O)[nH]c3=O)C(C)(C)[C@@H]2O1)C(=O)OC1CCCC1. The number of phosphoric acid groups is 1. The monoisotopic (exact) mass is 486 g/mol. The fourth-order valence-corrected chi connectivity index (χ4v) is 6.09. The van der Waals surface area contributed by atoms with E-state index >= 15 is 0 Å². The van der Waals surface area contributed by atoms with E-state index in [1.54, 1.807) is 6.92 Å². The van der Waals surface area contributed by atoms with Crippen LogP contribution in [0.25, 0.3) is 0 Å². The number of carbonyl (C=O) groups excluding carboxylic acids is 1. The summed E-state index contributed by atoms with van der Waals surface area (Å²) < 4.78 is 42.5. The van der Waals surface area contributed by atoms with Gasteiger partial charge in [0.2, 0.25) is 0 Å². The van der Waals surface area contributed by atoms with Crippen molar-refractivity contribution in [1.82, 2.24) is 9.55 Å². The summed E-state index contributed by atoms with van der Waals surface area (Å²) in [6, 6.07) is 1.23. The van der Waals surface area contributed by atoms with E-state index in [4.69, 9.17) is 23.0 Å². The number of nitrogens with zero attached hydrogens (tertiary/aromatic N) is 1. The van der Waals surface area contributed by atoms with E-state index in [1.807, 2.05) is 13.8 Å². The number of nitrogens with one attached hydrogen (secondary N) is 1. The first-order valence-electron chi connectivity index (χ1n) is 11.3. The van der Waals surface area contributed by atoms with E-state index in [2.05, 4.69) is 4.98 Å². The van der Waals surface area contributed by atoms with Crippen molar-refractivity contribution in [3.05, 3.63) is 33.1 Å². The van der Waals surface area contributed by atoms with Crippen LogP contribution in [0.3, 0.4) is 0 Å². The van der Waals surface area contributed by atoms with Gasteiger partial charge in [0, 0.05) is 17.7 Å². The predicted molar refractivity (Wildman–Crippen MR) is 116 cm³/mol. The molecule has 2 aliphatic heterocycles. The van der Waals surface area contributed by atoms with Gasteiger partial charge in [0.25, 0.3) is 5.56 Å².